The molecule has 3 heteroatoms. The van der Waals surface area contributed by atoms with Gasteiger partial charge in [-0.1, -0.05) is 69.8 Å². The second-order valence-corrected chi connectivity index (χ2v) is 7.34. The smallest absolute Gasteiger partial charge is 0.163 e. The summed E-state index contributed by atoms with van der Waals surface area (Å²) in [5, 5.41) is 0. The first-order chi connectivity index (χ1) is 11.5. The van der Waals surface area contributed by atoms with Crippen LogP contribution in [0.25, 0.3) is 0 Å². The maximum Gasteiger partial charge on any atom is 0.163 e. The minimum atomic E-state index is -0.526. The molecule has 0 aromatic carbocycles. The van der Waals surface area contributed by atoms with Gasteiger partial charge in [-0.15, -0.1) is 0 Å². The molecular formula is C21H39NO2. The Hall–Kier alpha value is -0.640. The van der Waals surface area contributed by atoms with Crippen molar-refractivity contribution >= 4 is 0 Å². The van der Waals surface area contributed by atoms with Crippen LogP contribution in [0.4, 0.5) is 0 Å². The Bertz CT molecular complexity index is 363. The van der Waals surface area contributed by atoms with Gasteiger partial charge in [-0.3, -0.25) is 0 Å². The van der Waals surface area contributed by atoms with E-state index < -0.39 is 5.79 Å². The number of allylic oxidation sites excluding steroid dienone is 3. The number of unbranched alkanes of at least 4 members (excludes halogenated alkanes) is 8. The van der Waals surface area contributed by atoms with Gasteiger partial charge in [0.15, 0.2) is 5.79 Å². The lowest BCUT2D eigenvalue weighted by atomic mass is 10.1. The van der Waals surface area contributed by atoms with E-state index in [0.717, 1.165) is 12.8 Å². The lowest BCUT2D eigenvalue weighted by Gasteiger charge is -2.38. The second kappa shape index (κ2) is 12.7. The van der Waals surface area contributed by atoms with E-state index in [1.807, 2.05) is 13.8 Å². The van der Waals surface area contributed by atoms with Crippen LogP contribution < -0.4 is 5.73 Å². The van der Waals surface area contributed by atoms with Crippen LogP contribution in [0.3, 0.4) is 0 Å². The van der Waals surface area contributed by atoms with Gasteiger partial charge in [-0.05, 0) is 39.5 Å². The van der Waals surface area contributed by atoms with Crippen LogP contribution in [-0.2, 0) is 9.47 Å². The lowest BCUT2D eigenvalue weighted by molar-refractivity contribution is -0.268. The molecule has 140 valence electrons. The van der Waals surface area contributed by atoms with E-state index in [4.69, 9.17) is 15.2 Å². The fourth-order valence-electron chi connectivity index (χ4n) is 2.90. The summed E-state index contributed by atoms with van der Waals surface area (Å²) < 4.78 is 11.4. The van der Waals surface area contributed by atoms with Gasteiger partial charge in [0.25, 0.3) is 0 Å². The number of ether oxygens (including phenoxy) is 2. The molecule has 0 spiro atoms. The van der Waals surface area contributed by atoms with Crippen molar-refractivity contribution in [1.29, 1.82) is 0 Å². The first kappa shape index (κ1) is 21.4. The van der Waals surface area contributed by atoms with Crippen molar-refractivity contribution < 1.29 is 9.47 Å². The summed E-state index contributed by atoms with van der Waals surface area (Å²) >= 11 is 0. The van der Waals surface area contributed by atoms with Crippen molar-refractivity contribution in [1.82, 2.24) is 0 Å². The first-order valence-corrected chi connectivity index (χ1v) is 9.94. The van der Waals surface area contributed by atoms with Crippen LogP contribution in [0.15, 0.2) is 24.3 Å². The van der Waals surface area contributed by atoms with Crippen LogP contribution in [0.2, 0.25) is 0 Å². The van der Waals surface area contributed by atoms with Crippen molar-refractivity contribution in [2.45, 2.75) is 103 Å². The van der Waals surface area contributed by atoms with Crippen molar-refractivity contribution in [2.24, 2.45) is 5.73 Å². The molecule has 0 aromatic heterocycles. The average molecular weight is 338 g/mol. The van der Waals surface area contributed by atoms with Gasteiger partial charge in [0.2, 0.25) is 0 Å². The van der Waals surface area contributed by atoms with E-state index in [1.165, 1.54) is 51.4 Å². The van der Waals surface area contributed by atoms with Gasteiger partial charge in [-0.2, -0.15) is 0 Å². The zero-order valence-corrected chi connectivity index (χ0v) is 16.1. The van der Waals surface area contributed by atoms with Gasteiger partial charge in [0.05, 0.1) is 18.8 Å². The predicted molar refractivity (Wildman–Crippen MR) is 103 cm³/mol. The molecule has 1 rings (SSSR count). The normalized spacial score (nSPS) is 24.2. The Morgan fingerprint density at radius 3 is 2.29 bits per heavy atom. The van der Waals surface area contributed by atoms with Gasteiger partial charge >= 0.3 is 0 Å². The van der Waals surface area contributed by atoms with E-state index in [9.17, 15) is 0 Å². The van der Waals surface area contributed by atoms with Gasteiger partial charge in [0.1, 0.15) is 0 Å². The second-order valence-electron chi connectivity index (χ2n) is 7.34. The van der Waals surface area contributed by atoms with Gasteiger partial charge in [-0.25, -0.2) is 0 Å². The summed E-state index contributed by atoms with van der Waals surface area (Å²) in [6, 6.07) is -0.0675. The molecule has 1 saturated heterocycles. The molecule has 24 heavy (non-hydrogen) atoms. The monoisotopic (exact) mass is 337 g/mol. The minimum Gasteiger partial charge on any atom is -0.349 e. The van der Waals surface area contributed by atoms with E-state index in [1.54, 1.807) is 0 Å². The number of nitrogens with two attached hydrogens (primary N) is 1. The molecule has 1 aliphatic rings. The standard InChI is InChI=1S/C21H39NO2/c1-4-5-6-7-8-9-10-11-12-13-14-15-16-17-20-19(22)18-23-21(2,3)24-20/h12-13,16-17,19-20H,4-11,14-15,18,22H2,1-3H3/b13-12-,17-16+/t19-,20+/m0/s1. The highest BCUT2D eigenvalue weighted by Gasteiger charge is 2.32. The summed E-state index contributed by atoms with van der Waals surface area (Å²) in [6.45, 7) is 6.70. The molecule has 1 aliphatic heterocycles. The van der Waals surface area contributed by atoms with Crippen LogP contribution in [0.1, 0.15) is 85.0 Å². The minimum absolute atomic E-state index is 0.0366. The fourth-order valence-corrected chi connectivity index (χ4v) is 2.90. The predicted octanol–water partition coefficient (Wildman–Crippen LogP) is 5.50. The summed E-state index contributed by atoms with van der Waals surface area (Å²) in [6.07, 6.45) is 21.9. The summed E-state index contributed by atoms with van der Waals surface area (Å²) in [4.78, 5) is 0. The Morgan fingerprint density at radius 2 is 1.54 bits per heavy atom. The van der Waals surface area contributed by atoms with Crippen molar-refractivity contribution in [3.8, 4) is 0 Å². The quantitative estimate of drug-likeness (QED) is 0.378. The van der Waals surface area contributed by atoms with Crippen molar-refractivity contribution in [2.75, 3.05) is 6.61 Å². The highest BCUT2D eigenvalue weighted by atomic mass is 16.7. The zero-order chi connectivity index (χ0) is 17.7. The highest BCUT2D eigenvalue weighted by molar-refractivity contribution is 4.98. The van der Waals surface area contributed by atoms with Gasteiger partial charge < -0.3 is 15.2 Å². The molecule has 0 radical (unpaired) electrons. The fraction of sp³-hybridized carbons (Fsp3) is 0.810. The third-order valence-electron chi connectivity index (χ3n) is 4.43. The van der Waals surface area contributed by atoms with Crippen LogP contribution in [-0.4, -0.2) is 24.5 Å². The summed E-state index contributed by atoms with van der Waals surface area (Å²) in [5.41, 5.74) is 6.03. The lowest BCUT2D eigenvalue weighted by Crippen LogP contribution is -2.51. The number of hydrogen-bond donors (Lipinski definition) is 1. The molecule has 3 nitrogen and oxygen atoms in total. The van der Waals surface area contributed by atoms with Crippen LogP contribution in [0, 0.1) is 0 Å². The molecule has 0 bridgehead atoms. The third kappa shape index (κ3) is 10.3. The molecule has 0 amide bonds. The number of rotatable bonds is 12. The summed E-state index contributed by atoms with van der Waals surface area (Å²) in [5.74, 6) is -0.526. The zero-order valence-electron chi connectivity index (χ0n) is 16.1. The van der Waals surface area contributed by atoms with E-state index in [0.29, 0.717) is 6.61 Å². The third-order valence-corrected chi connectivity index (χ3v) is 4.43. The highest BCUT2D eigenvalue weighted by Crippen LogP contribution is 2.22. The van der Waals surface area contributed by atoms with Crippen molar-refractivity contribution in [3.63, 3.8) is 0 Å². The molecule has 0 aromatic rings. The molecule has 0 aliphatic carbocycles. The van der Waals surface area contributed by atoms with Crippen LogP contribution in [0.5, 0.6) is 0 Å². The number of hydrogen-bond acceptors (Lipinski definition) is 3. The maximum absolute atomic E-state index is 6.03. The Kier molecular flexibility index (Phi) is 11.3. The van der Waals surface area contributed by atoms with E-state index in [2.05, 4.69) is 31.2 Å². The summed E-state index contributed by atoms with van der Waals surface area (Å²) in [7, 11) is 0. The van der Waals surface area contributed by atoms with E-state index in [-0.39, 0.29) is 12.1 Å². The molecule has 1 heterocycles. The molecule has 0 unspecified atom stereocenters. The Labute approximate surface area is 149 Å². The first-order valence-electron chi connectivity index (χ1n) is 9.94. The average Bonchev–Trinajstić information content (AvgIpc) is 2.55. The molecule has 1 fully saturated rings. The van der Waals surface area contributed by atoms with Crippen LogP contribution >= 0.6 is 0 Å². The van der Waals surface area contributed by atoms with Gasteiger partial charge in [0, 0.05) is 0 Å². The topological polar surface area (TPSA) is 44.5 Å². The Morgan fingerprint density at radius 1 is 0.917 bits per heavy atom. The molecule has 2 atom stereocenters. The Balaban J connectivity index is 2.00. The van der Waals surface area contributed by atoms with E-state index >= 15 is 0 Å². The SMILES string of the molecule is CCCCCCCCC/C=C\CC/C=C/[C@H]1OC(C)(C)OC[C@@H]1N. The maximum atomic E-state index is 6.03. The molecule has 0 saturated carbocycles. The van der Waals surface area contributed by atoms with Crippen molar-refractivity contribution in [3.05, 3.63) is 24.3 Å². The largest absolute Gasteiger partial charge is 0.349 e. The molecule has 2 N–H and O–H groups in total. The molecular weight excluding hydrogens is 298 g/mol.